The van der Waals surface area contributed by atoms with Crippen LogP contribution < -0.4 is 5.73 Å². The minimum atomic E-state index is -0.421. The van der Waals surface area contributed by atoms with Gasteiger partial charge in [-0.1, -0.05) is 11.3 Å². The molecular weight excluding hydrogens is 266 g/mol. The molecule has 8 heteroatoms. The highest BCUT2D eigenvalue weighted by Crippen LogP contribution is 2.25. The summed E-state index contributed by atoms with van der Waals surface area (Å²) in [6, 6.07) is 1.93. The maximum absolute atomic E-state index is 11.7. The number of nitriles is 1. The van der Waals surface area contributed by atoms with E-state index in [1.165, 1.54) is 10.9 Å². The summed E-state index contributed by atoms with van der Waals surface area (Å²) in [4.78, 5) is 16.3. The first-order valence-corrected chi connectivity index (χ1v) is 6.28. The minimum absolute atomic E-state index is 0.201. The highest BCUT2D eigenvalue weighted by Gasteiger charge is 2.19. The van der Waals surface area contributed by atoms with Gasteiger partial charge in [0.25, 0.3) is 0 Å². The van der Waals surface area contributed by atoms with E-state index in [1.54, 1.807) is 13.8 Å². The van der Waals surface area contributed by atoms with Crippen molar-refractivity contribution in [2.45, 2.75) is 13.8 Å². The van der Waals surface area contributed by atoms with Crippen LogP contribution in [0.5, 0.6) is 0 Å². The SMILES string of the molecule is CCOC(=O)c1sc(-n2ncc(C#N)c2N)nc1C. The lowest BCUT2D eigenvalue weighted by atomic mass is 10.4. The average molecular weight is 277 g/mol. The molecule has 19 heavy (non-hydrogen) atoms. The maximum Gasteiger partial charge on any atom is 0.350 e. The standard InChI is InChI=1S/C11H11N5O2S/c1-3-18-10(17)8-6(2)15-11(19-8)16-9(13)7(4-12)5-14-16/h5H,3,13H2,1-2H3. The molecule has 0 saturated carbocycles. The fourth-order valence-electron chi connectivity index (χ4n) is 1.46. The van der Waals surface area contributed by atoms with E-state index < -0.39 is 5.97 Å². The molecule has 0 aliphatic rings. The minimum Gasteiger partial charge on any atom is -0.462 e. The zero-order chi connectivity index (χ0) is 14.0. The molecular formula is C11H11N5O2S. The number of aryl methyl sites for hydroxylation is 1. The van der Waals surface area contributed by atoms with Crippen LogP contribution in [0.3, 0.4) is 0 Å². The molecule has 0 radical (unpaired) electrons. The quantitative estimate of drug-likeness (QED) is 0.846. The van der Waals surface area contributed by atoms with Crippen molar-refractivity contribution < 1.29 is 9.53 Å². The van der Waals surface area contributed by atoms with Gasteiger partial charge in [0.15, 0.2) is 0 Å². The molecule has 2 heterocycles. The van der Waals surface area contributed by atoms with E-state index >= 15 is 0 Å². The second kappa shape index (κ2) is 5.07. The highest BCUT2D eigenvalue weighted by atomic mass is 32.1. The van der Waals surface area contributed by atoms with Gasteiger partial charge >= 0.3 is 5.97 Å². The van der Waals surface area contributed by atoms with Crippen LogP contribution in [-0.2, 0) is 4.74 Å². The first-order valence-electron chi connectivity index (χ1n) is 5.47. The number of hydrogen-bond acceptors (Lipinski definition) is 7. The molecule has 0 aliphatic carbocycles. The lowest BCUT2D eigenvalue weighted by Gasteiger charge is -1.98. The number of hydrogen-bond donors (Lipinski definition) is 1. The first-order chi connectivity index (χ1) is 9.08. The normalized spacial score (nSPS) is 10.2. The molecule has 0 atom stereocenters. The van der Waals surface area contributed by atoms with E-state index in [2.05, 4.69) is 10.1 Å². The van der Waals surface area contributed by atoms with Crippen molar-refractivity contribution in [1.82, 2.24) is 14.8 Å². The Kier molecular flexibility index (Phi) is 3.48. The second-order valence-electron chi connectivity index (χ2n) is 3.60. The fourth-order valence-corrected chi connectivity index (χ4v) is 2.39. The molecule has 0 fully saturated rings. The molecule has 0 amide bonds. The number of nitrogens with two attached hydrogens (primary N) is 1. The molecule has 0 bridgehead atoms. The van der Waals surface area contributed by atoms with Crippen LogP contribution in [-0.4, -0.2) is 27.3 Å². The molecule has 0 aromatic carbocycles. The summed E-state index contributed by atoms with van der Waals surface area (Å²) in [5.74, 6) is -0.221. The number of rotatable bonds is 3. The molecule has 7 nitrogen and oxygen atoms in total. The number of thiazole rings is 1. The van der Waals surface area contributed by atoms with Crippen molar-refractivity contribution in [3.63, 3.8) is 0 Å². The van der Waals surface area contributed by atoms with Gasteiger partial charge in [-0.2, -0.15) is 15.0 Å². The van der Waals surface area contributed by atoms with Crippen LogP contribution in [0.15, 0.2) is 6.20 Å². The van der Waals surface area contributed by atoms with Crippen molar-refractivity contribution in [3.8, 4) is 11.2 Å². The van der Waals surface area contributed by atoms with Crippen LogP contribution in [0.1, 0.15) is 27.9 Å². The number of carbonyl (C=O) groups excluding carboxylic acids is 1. The maximum atomic E-state index is 11.7. The van der Waals surface area contributed by atoms with E-state index in [0.29, 0.717) is 22.3 Å². The summed E-state index contributed by atoms with van der Waals surface area (Å²) in [5, 5.41) is 13.2. The highest BCUT2D eigenvalue weighted by molar-refractivity contribution is 7.16. The van der Waals surface area contributed by atoms with E-state index in [4.69, 9.17) is 15.7 Å². The third-order valence-electron chi connectivity index (χ3n) is 2.35. The summed E-state index contributed by atoms with van der Waals surface area (Å²) in [6.45, 7) is 3.74. The van der Waals surface area contributed by atoms with Crippen molar-refractivity contribution in [3.05, 3.63) is 22.3 Å². The Morgan fingerprint density at radius 1 is 1.68 bits per heavy atom. The monoisotopic (exact) mass is 277 g/mol. The van der Waals surface area contributed by atoms with Crippen LogP contribution in [0.2, 0.25) is 0 Å². The molecule has 0 unspecified atom stereocenters. The van der Waals surface area contributed by atoms with Crippen LogP contribution in [0.25, 0.3) is 5.13 Å². The molecule has 2 rings (SSSR count). The summed E-state index contributed by atoms with van der Waals surface area (Å²) in [6.07, 6.45) is 1.36. The topological polar surface area (TPSA) is 107 Å². The molecule has 0 saturated heterocycles. The van der Waals surface area contributed by atoms with Gasteiger partial charge in [0.2, 0.25) is 5.13 Å². The largest absolute Gasteiger partial charge is 0.462 e. The molecule has 2 N–H and O–H groups in total. The van der Waals surface area contributed by atoms with Crippen LogP contribution in [0, 0.1) is 18.3 Å². The second-order valence-corrected chi connectivity index (χ2v) is 4.58. The predicted molar refractivity (Wildman–Crippen MR) is 69.1 cm³/mol. The van der Waals surface area contributed by atoms with Gasteiger partial charge in [-0.15, -0.1) is 0 Å². The summed E-state index contributed by atoms with van der Waals surface area (Å²) >= 11 is 1.12. The lowest BCUT2D eigenvalue weighted by molar-refractivity contribution is 0.0531. The van der Waals surface area contributed by atoms with Gasteiger partial charge in [-0.25, -0.2) is 9.78 Å². The zero-order valence-corrected chi connectivity index (χ0v) is 11.2. The summed E-state index contributed by atoms with van der Waals surface area (Å²) < 4.78 is 6.27. The van der Waals surface area contributed by atoms with Gasteiger partial charge in [-0.05, 0) is 13.8 Å². The lowest BCUT2D eigenvalue weighted by Crippen LogP contribution is -2.03. The Labute approximate surface area is 113 Å². The van der Waals surface area contributed by atoms with Gasteiger partial charge in [0, 0.05) is 0 Å². The van der Waals surface area contributed by atoms with Crippen molar-refractivity contribution in [2.24, 2.45) is 0 Å². The van der Waals surface area contributed by atoms with Crippen LogP contribution in [0.4, 0.5) is 5.82 Å². The summed E-state index contributed by atoms with van der Waals surface area (Å²) in [5.41, 5.74) is 6.59. The van der Waals surface area contributed by atoms with Crippen molar-refractivity contribution in [2.75, 3.05) is 12.3 Å². The first kappa shape index (κ1) is 13.0. The number of aromatic nitrogens is 3. The Bertz CT molecular complexity index is 667. The van der Waals surface area contributed by atoms with E-state index in [-0.39, 0.29) is 11.4 Å². The fraction of sp³-hybridized carbons (Fsp3) is 0.273. The molecule has 2 aromatic heterocycles. The van der Waals surface area contributed by atoms with Crippen LogP contribution >= 0.6 is 11.3 Å². The average Bonchev–Trinajstić information content (AvgIpc) is 2.92. The number of carbonyl (C=O) groups is 1. The van der Waals surface area contributed by atoms with E-state index in [9.17, 15) is 4.79 Å². The van der Waals surface area contributed by atoms with Gasteiger partial charge in [-0.3, -0.25) is 0 Å². The number of esters is 1. The van der Waals surface area contributed by atoms with Gasteiger partial charge in [0.05, 0.1) is 18.5 Å². The third kappa shape index (κ3) is 2.28. The third-order valence-corrected chi connectivity index (χ3v) is 3.47. The van der Waals surface area contributed by atoms with Gasteiger partial charge < -0.3 is 10.5 Å². The molecule has 98 valence electrons. The number of anilines is 1. The Balaban J connectivity index is 2.42. The molecule has 2 aromatic rings. The van der Waals surface area contributed by atoms with Crippen molar-refractivity contribution >= 4 is 23.1 Å². The summed E-state index contributed by atoms with van der Waals surface area (Å²) in [7, 11) is 0. The molecule has 0 spiro atoms. The number of ether oxygens (including phenoxy) is 1. The Hall–Kier alpha value is -2.40. The Morgan fingerprint density at radius 2 is 2.42 bits per heavy atom. The Morgan fingerprint density at radius 3 is 3.00 bits per heavy atom. The predicted octanol–water partition coefficient (Wildman–Crippen LogP) is 1.27. The smallest absolute Gasteiger partial charge is 0.350 e. The number of nitrogens with zero attached hydrogens (tertiary/aromatic N) is 4. The number of nitrogen functional groups attached to an aromatic ring is 1. The van der Waals surface area contributed by atoms with Crippen molar-refractivity contribution in [1.29, 1.82) is 5.26 Å². The zero-order valence-electron chi connectivity index (χ0n) is 10.4. The molecule has 0 aliphatic heterocycles. The van der Waals surface area contributed by atoms with E-state index in [0.717, 1.165) is 11.3 Å². The van der Waals surface area contributed by atoms with E-state index in [1.807, 2.05) is 6.07 Å². The van der Waals surface area contributed by atoms with Gasteiger partial charge in [0.1, 0.15) is 22.3 Å².